The minimum absolute atomic E-state index is 0.0102. The van der Waals surface area contributed by atoms with Gasteiger partial charge in [-0.1, -0.05) is 13.8 Å². The molecule has 4 rings (SSSR count). The molecule has 40 heavy (non-hydrogen) atoms. The van der Waals surface area contributed by atoms with Crippen LogP contribution in [-0.2, 0) is 21.4 Å². The second-order valence-electron chi connectivity index (χ2n) is 9.01. The number of carboxylic acids is 1. The first-order chi connectivity index (χ1) is 19.0. The lowest BCUT2D eigenvalue weighted by Gasteiger charge is -2.16. The molecule has 4 aromatic rings. The first-order valence-electron chi connectivity index (χ1n) is 12.1. The number of benzene rings is 2. The largest absolute Gasteiger partial charge is 0.497 e. The predicted molar refractivity (Wildman–Crippen MR) is 145 cm³/mol. The molecule has 0 radical (unpaired) electrons. The second-order valence-corrected chi connectivity index (χ2v) is 10.7. The van der Waals surface area contributed by atoms with Crippen molar-refractivity contribution in [1.82, 2.24) is 14.5 Å². The van der Waals surface area contributed by atoms with Crippen LogP contribution in [0.1, 0.15) is 35.7 Å². The molecule has 13 heteroatoms. The van der Waals surface area contributed by atoms with Crippen molar-refractivity contribution in [2.75, 3.05) is 12.4 Å². The highest BCUT2D eigenvalue weighted by molar-refractivity contribution is 7.89. The fourth-order valence-corrected chi connectivity index (χ4v) is 4.77. The van der Waals surface area contributed by atoms with Crippen LogP contribution in [0.25, 0.3) is 5.69 Å². The predicted octanol–water partition coefficient (Wildman–Crippen LogP) is 4.35. The van der Waals surface area contributed by atoms with Crippen molar-refractivity contribution in [3.63, 3.8) is 0 Å². The number of ether oxygens (including phenoxy) is 2. The van der Waals surface area contributed by atoms with Gasteiger partial charge in [-0.05, 0) is 61.5 Å². The number of rotatable bonds is 11. The van der Waals surface area contributed by atoms with Gasteiger partial charge in [-0.2, -0.15) is 9.78 Å². The maximum absolute atomic E-state index is 13.5. The Hall–Kier alpha value is -4.62. The van der Waals surface area contributed by atoms with Gasteiger partial charge in [-0.25, -0.2) is 17.9 Å². The number of sulfonamides is 1. The standard InChI is InChI=1S/C27H28N4O8S/c1-16(2)25(32)29-18-7-12-22(23(14-18)40(35,36)28-15-21-6-5-13-38-21)39-26-17(3)24(27(33)34)30-31(26)19-8-10-20(37-4)11-9-19/h5-14,16,28H,15H2,1-4H3,(H,29,32)(H,33,34). The number of hydrogen-bond acceptors (Lipinski definition) is 8. The summed E-state index contributed by atoms with van der Waals surface area (Å²) in [5.74, 6) is -1.11. The number of aromatic nitrogens is 2. The highest BCUT2D eigenvalue weighted by Gasteiger charge is 2.27. The Morgan fingerprint density at radius 1 is 1.12 bits per heavy atom. The van der Waals surface area contributed by atoms with Gasteiger partial charge in [0.05, 0.1) is 25.6 Å². The zero-order valence-electron chi connectivity index (χ0n) is 22.2. The van der Waals surface area contributed by atoms with Crippen LogP contribution in [0.2, 0.25) is 0 Å². The van der Waals surface area contributed by atoms with Crippen molar-refractivity contribution in [2.24, 2.45) is 5.92 Å². The summed E-state index contributed by atoms with van der Waals surface area (Å²) in [5, 5.41) is 16.6. The van der Waals surface area contributed by atoms with Gasteiger partial charge < -0.3 is 24.3 Å². The summed E-state index contributed by atoms with van der Waals surface area (Å²) < 4.78 is 47.1. The molecule has 0 atom stereocenters. The molecule has 0 bridgehead atoms. The first-order valence-corrected chi connectivity index (χ1v) is 13.6. The summed E-state index contributed by atoms with van der Waals surface area (Å²) in [6, 6.07) is 14.0. The molecule has 2 aromatic heterocycles. The van der Waals surface area contributed by atoms with Gasteiger partial charge in [0.1, 0.15) is 22.2 Å². The van der Waals surface area contributed by atoms with E-state index < -0.39 is 16.0 Å². The lowest BCUT2D eigenvalue weighted by molar-refractivity contribution is -0.118. The molecule has 0 saturated carbocycles. The van der Waals surface area contributed by atoms with E-state index in [0.29, 0.717) is 17.2 Å². The Morgan fingerprint density at radius 3 is 2.45 bits per heavy atom. The van der Waals surface area contributed by atoms with E-state index in [1.165, 1.54) is 43.2 Å². The average Bonchev–Trinajstić information content (AvgIpc) is 3.56. The topological polar surface area (TPSA) is 162 Å². The SMILES string of the molecule is COc1ccc(-n2nc(C(=O)O)c(C)c2Oc2ccc(NC(=O)C(C)C)cc2S(=O)(=O)NCc2ccco2)cc1. The third-order valence-corrected chi connectivity index (χ3v) is 7.26. The number of furan rings is 1. The molecule has 0 aliphatic heterocycles. The smallest absolute Gasteiger partial charge is 0.356 e. The quantitative estimate of drug-likeness (QED) is 0.239. The Bertz CT molecular complexity index is 1630. The molecule has 0 aliphatic rings. The van der Waals surface area contributed by atoms with Crippen LogP contribution >= 0.6 is 0 Å². The Balaban J connectivity index is 1.80. The van der Waals surface area contributed by atoms with Crippen molar-refractivity contribution >= 4 is 27.6 Å². The molecule has 1 amide bonds. The zero-order valence-corrected chi connectivity index (χ0v) is 23.0. The zero-order chi connectivity index (χ0) is 29.0. The molecular weight excluding hydrogens is 540 g/mol. The summed E-state index contributed by atoms with van der Waals surface area (Å²) in [5.41, 5.74) is 0.586. The van der Waals surface area contributed by atoms with Crippen LogP contribution < -0.4 is 19.5 Å². The Kier molecular flexibility index (Phi) is 8.26. The molecule has 210 valence electrons. The number of nitrogens with zero attached hydrogens (tertiary/aromatic N) is 2. The molecule has 3 N–H and O–H groups in total. The number of aromatic carboxylic acids is 1. The molecule has 0 fully saturated rings. The summed E-state index contributed by atoms with van der Waals surface area (Å²) in [6.07, 6.45) is 1.42. The van der Waals surface area contributed by atoms with Crippen LogP contribution in [0.4, 0.5) is 5.69 Å². The molecule has 12 nitrogen and oxygen atoms in total. The third kappa shape index (κ3) is 6.16. The van der Waals surface area contributed by atoms with E-state index in [1.54, 1.807) is 50.2 Å². The van der Waals surface area contributed by atoms with Crippen molar-refractivity contribution < 1.29 is 37.0 Å². The van der Waals surface area contributed by atoms with Gasteiger partial charge in [-0.15, -0.1) is 0 Å². The average molecular weight is 569 g/mol. The van der Waals surface area contributed by atoms with Crippen LogP contribution in [-0.4, -0.2) is 42.3 Å². The normalized spacial score (nSPS) is 11.4. The van der Waals surface area contributed by atoms with Gasteiger partial charge in [0.2, 0.25) is 21.8 Å². The number of nitrogens with one attached hydrogen (secondary N) is 2. The molecule has 2 heterocycles. The lowest BCUT2D eigenvalue weighted by Crippen LogP contribution is -2.24. The number of carboxylic acid groups (broad SMARTS) is 1. The maximum Gasteiger partial charge on any atom is 0.356 e. The van der Waals surface area contributed by atoms with Crippen molar-refractivity contribution in [2.45, 2.75) is 32.2 Å². The highest BCUT2D eigenvalue weighted by atomic mass is 32.2. The van der Waals surface area contributed by atoms with E-state index in [4.69, 9.17) is 13.9 Å². The van der Waals surface area contributed by atoms with E-state index >= 15 is 0 Å². The number of carbonyl (C=O) groups excluding carboxylic acids is 1. The van der Waals surface area contributed by atoms with E-state index in [2.05, 4.69) is 15.1 Å². The van der Waals surface area contributed by atoms with Crippen molar-refractivity contribution in [1.29, 1.82) is 0 Å². The minimum Gasteiger partial charge on any atom is -0.497 e. The van der Waals surface area contributed by atoms with Crippen molar-refractivity contribution in [3.05, 3.63) is 77.9 Å². The summed E-state index contributed by atoms with van der Waals surface area (Å²) >= 11 is 0. The first kappa shape index (κ1) is 28.4. The lowest BCUT2D eigenvalue weighted by atomic mass is 10.2. The Labute approximate surface area is 230 Å². The van der Waals surface area contributed by atoms with E-state index in [-0.39, 0.29) is 51.8 Å². The molecule has 0 unspecified atom stereocenters. The summed E-state index contributed by atoms with van der Waals surface area (Å²) in [7, 11) is -2.71. The van der Waals surface area contributed by atoms with Gasteiger partial charge in [-0.3, -0.25) is 4.79 Å². The van der Waals surface area contributed by atoms with Gasteiger partial charge >= 0.3 is 5.97 Å². The number of methoxy groups -OCH3 is 1. The van der Waals surface area contributed by atoms with Gasteiger partial charge in [0.15, 0.2) is 5.69 Å². The monoisotopic (exact) mass is 568 g/mol. The highest BCUT2D eigenvalue weighted by Crippen LogP contribution is 2.35. The van der Waals surface area contributed by atoms with E-state index in [9.17, 15) is 23.1 Å². The number of hydrogen-bond donors (Lipinski definition) is 3. The molecule has 0 saturated heterocycles. The van der Waals surface area contributed by atoms with Crippen LogP contribution in [0.5, 0.6) is 17.4 Å². The molecular formula is C27H28N4O8S. The van der Waals surface area contributed by atoms with E-state index in [0.717, 1.165) is 0 Å². The number of carbonyl (C=O) groups is 2. The fourth-order valence-electron chi connectivity index (χ4n) is 3.63. The second kappa shape index (κ2) is 11.6. The molecule has 0 spiro atoms. The van der Waals surface area contributed by atoms with E-state index in [1.807, 2.05) is 0 Å². The maximum atomic E-state index is 13.5. The molecule has 2 aromatic carbocycles. The van der Waals surface area contributed by atoms with Gasteiger partial charge in [0, 0.05) is 17.2 Å². The summed E-state index contributed by atoms with van der Waals surface area (Å²) in [6.45, 7) is 4.78. The van der Waals surface area contributed by atoms with Crippen LogP contribution in [0.3, 0.4) is 0 Å². The third-order valence-electron chi connectivity index (χ3n) is 5.84. The Morgan fingerprint density at radius 2 is 1.85 bits per heavy atom. The van der Waals surface area contributed by atoms with Gasteiger partial charge in [0.25, 0.3) is 0 Å². The number of amides is 1. The van der Waals surface area contributed by atoms with Crippen molar-refractivity contribution in [3.8, 4) is 23.1 Å². The van der Waals surface area contributed by atoms with Crippen LogP contribution in [0.15, 0.2) is 70.2 Å². The van der Waals surface area contributed by atoms with Crippen LogP contribution in [0, 0.1) is 12.8 Å². The fraction of sp³-hybridized carbons (Fsp3) is 0.222. The summed E-state index contributed by atoms with van der Waals surface area (Å²) in [4.78, 5) is 23.9. The minimum atomic E-state index is -4.22. The molecule has 0 aliphatic carbocycles. The number of anilines is 1.